The topological polar surface area (TPSA) is 58.7 Å². The van der Waals surface area contributed by atoms with E-state index in [0.29, 0.717) is 11.3 Å². The quantitative estimate of drug-likeness (QED) is 0.792. The smallest absolute Gasteiger partial charge is 0.267 e. The summed E-state index contributed by atoms with van der Waals surface area (Å²) in [4.78, 5) is 11.4. The molecule has 0 fully saturated rings. The fourth-order valence-electron chi connectivity index (χ4n) is 1.48. The number of rotatable bonds is 1. The molecule has 0 saturated carbocycles. The standard InChI is InChI=1S/C12H7ClFN3O/c1-17-11(18)5-8(6-15)12(16-17)7-2-3-10(14)9(13)4-7/h2-5H,1H3. The Hall–Kier alpha value is -2.19. The van der Waals surface area contributed by atoms with Gasteiger partial charge in [0.2, 0.25) is 0 Å². The van der Waals surface area contributed by atoms with Gasteiger partial charge in [0.15, 0.2) is 0 Å². The average molecular weight is 264 g/mol. The first-order valence-corrected chi connectivity index (χ1v) is 5.34. The molecule has 1 heterocycles. The van der Waals surface area contributed by atoms with Crippen molar-refractivity contribution in [2.45, 2.75) is 0 Å². The van der Waals surface area contributed by atoms with E-state index in [2.05, 4.69) is 5.10 Å². The molecule has 1 aromatic carbocycles. The third-order valence-corrected chi connectivity index (χ3v) is 2.70. The van der Waals surface area contributed by atoms with Crippen molar-refractivity contribution in [1.29, 1.82) is 5.26 Å². The van der Waals surface area contributed by atoms with Gasteiger partial charge < -0.3 is 0 Å². The largest absolute Gasteiger partial charge is 0.268 e. The van der Waals surface area contributed by atoms with Crippen molar-refractivity contribution in [3.63, 3.8) is 0 Å². The summed E-state index contributed by atoms with van der Waals surface area (Å²) in [5, 5.41) is 12.9. The Bertz CT molecular complexity index is 718. The van der Waals surface area contributed by atoms with Gasteiger partial charge >= 0.3 is 0 Å². The van der Waals surface area contributed by atoms with Crippen LogP contribution in [-0.4, -0.2) is 9.78 Å². The van der Waals surface area contributed by atoms with Crippen molar-refractivity contribution in [2.75, 3.05) is 0 Å². The Kier molecular flexibility index (Phi) is 3.13. The molecule has 90 valence electrons. The Balaban J connectivity index is 2.71. The molecule has 0 aliphatic rings. The Morgan fingerprint density at radius 2 is 2.17 bits per heavy atom. The van der Waals surface area contributed by atoms with Gasteiger partial charge in [-0.2, -0.15) is 10.4 Å². The molecule has 0 atom stereocenters. The summed E-state index contributed by atoms with van der Waals surface area (Å²) < 4.78 is 14.2. The van der Waals surface area contributed by atoms with Gasteiger partial charge in [-0.1, -0.05) is 11.6 Å². The van der Waals surface area contributed by atoms with Crippen LogP contribution in [0.15, 0.2) is 29.1 Å². The monoisotopic (exact) mass is 263 g/mol. The summed E-state index contributed by atoms with van der Waals surface area (Å²) in [6.07, 6.45) is 0. The van der Waals surface area contributed by atoms with Gasteiger partial charge in [0.05, 0.1) is 10.6 Å². The summed E-state index contributed by atoms with van der Waals surface area (Å²) in [7, 11) is 1.47. The maximum atomic E-state index is 13.1. The summed E-state index contributed by atoms with van der Waals surface area (Å²) in [5.74, 6) is -0.552. The van der Waals surface area contributed by atoms with Crippen LogP contribution >= 0.6 is 11.6 Å². The van der Waals surface area contributed by atoms with Crippen LogP contribution in [0.25, 0.3) is 11.3 Å². The SMILES string of the molecule is Cn1nc(-c2ccc(F)c(Cl)c2)c(C#N)cc1=O. The fourth-order valence-corrected chi connectivity index (χ4v) is 1.66. The van der Waals surface area contributed by atoms with Crippen LogP contribution in [0, 0.1) is 17.1 Å². The van der Waals surface area contributed by atoms with Gasteiger partial charge in [-0.15, -0.1) is 0 Å². The zero-order valence-electron chi connectivity index (χ0n) is 9.32. The van der Waals surface area contributed by atoms with Crippen molar-refractivity contribution >= 4 is 11.6 Å². The molecule has 0 aliphatic carbocycles. The minimum Gasteiger partial charge on any atom is -0.268 e. The van der Waals surface area contributed by atoms with Crippen LogP contribution in [-0.2, 0) is 7.05 Å². The molecular formula is C12H7ClFN3O. The molecule has 2 rings (SSSR count). The molecule has 0 spiro atoms. The van der Waals surface area contributed by atoms with E-state index >= 15 is 0 Å². The zero-order valence-corrected chi connectivity index (χ0v) is 10.1. The average Bonchev–Trinajstić information content (AvgIpc) is 2.35. The second kappa shape index (κ2) is 4.59. The second-order valence-electron chi connectivity index (χ2n) is 3.61. The molecular weight excluding hydrogens is 257 g/mol. The van der Waals surface area contributed by atoms with Crippen molar-refractivity contribution < 1.29 is 4.39 Å². The summed E-state index contributed by atoms with van der Waals surface area (Å²) in [6.45, 7) is 0. The normalized spacial score (nSPS) is 10.1. The molecule has 0 bridgehead atoms. The highest BCUT2D eigenvalue weighted by Crippen LogP contribution is 2.24. The Labute approximate surface area is 107 Å². The Morgan fingerprint density at radius 3 is 2.78 bits per heavy atom. The maximum absolute atomic E-state index is 13.1. The van der Waals surface area contributed by atoms with E-state index in [1.165, 1.54) is 31.3 Å². The van der Waals surface area contributed by atoms with Gasteiger partial charge in [-0.25, -0.2) is 9.07 Å². The first-order chi connectivity index (χ1) is 8.52. The maximum Gasteiger partial charge on any atom is 0.267 e. The molecule has 6 heteroatoms. The minimum absolute atomic E-state index is 0.0629. The number of hydrogen-bond donors (Lipinski definition) is 0. The summed E-state index contributed by atoms with van der Waals surface area (Å²) in [5.41, 5.74) is 0.513. The van der Waals surface area contributed by atoms with Gasteiger partial charge in [-0.3, -0.25) is 4.79 Å². The number of hydrogen-bond acceptors (Lipinski definition) is 3. The van der Waals surface area contributed by atoms with Gasteiger partial charge in [0.25, 0.3) is 5.56 Å². The zero-order chi connectivity index (χ0) is 13.3. The lowest BCUT2D eigenvalue weighted by Crippen LogP contribution is -2.20. The molecule has 0 amide bonds. The lowest BCUT2D eigenvalue weighted by Gasteiger charge is -2.05. The molecule has 4 nitrogen and oxygen atoms in total. The molecule has 1 aromatic heterocycles. The number of aromatic nitrogens is 2. The highest BCUT2D eigenvalue weighted by molar-refractivity contribution is 6.31. The lowest BCUT2D eigenvalue weighted by molar-refractivity contribution is 0.628. The molecule has 0 N–H and O–H groups in total. The first-order valence-electron chi connectivity index (χ1n) is 4.97. The number of benzene rings is 1. The van der Waals surface area contributed by atoms with E-state index in [0.717, 1.165) is 4.68 Å². The predicted molar refractivity (Wildman–Crippen MR) is 64.6 cm³/mol. The lowest BCUT2D eigenvalue weighted by atomic mass is 10.1. The van der Waals surface area contributed by atoms with E-state index in [9.17, 15) is 9.18 Å². The summed E-state index contributed by atoms with van der Waals surface area (Å²) in [6, 6.07) is 7.07. The highest BCUT2D eigenvalue weighted by Gasteiger charge is 2.11. The van der Waals surface area contributed by atoms with Crippen LogP contribution in [0.3, 0.4) is 0 Å². The van der Waals surface area contributed by atoms with Gasteiger partial charge in [0.1, 0.15) is 17.6 Å². The highest BCUT2D eigenvalue weighted by atomic mass is 35.5. The van der Waals surface area contributed by atoms with Gasteiger partial charge in [0, 0.05) is 18.7 Å². The first kappa shape index (κ1) is 12.3. The van der Waals surface area contributed by atoms with E-state index in [1.54, 1.807) is 0 Å². The molecule has 0 radical (unpaired) electrons. The molecule has 0 aliphatic heterocycles. The van der Waals surface area contributed by atoms with Crippen LogP contribution in [0.1, 0.15) is 5.56 Å². The van der Waals surface area contributed by atoms with E-state index in [-0.39, 0.29) is 16.1 Å². The minimum atomic E-state index is -0.552. The van der Waals surface area contributed by atoms with Crippen LogP contribution < -0.4 is 5.56 Å². The molecule has 18 heavy (non-hydrogen) atoms. The van der Waals surface area contributed by atoms with Gasteiger partial charge in [-0.05, 0) is 18.2 Å². The fraction of sp³-hybridized carbons (Fsp3) is 0.0833. The van der Waals surface area contributed by atoms with E-state index in [1.807, 2.05) is 6.07 Å². The molecule has 0 unspecified atom stereocenters. The summed E-state index contributed by atoms with van der Waals surface area (Å²) >= 11 is 5.68. The second-order valence-corrected chi connectivity index (χ2v) is 4.02. The molecule has 0 saturated heterocycles. The third-order valence-electron chi connectivity index (χ3n) is 2.41. The number of nitrogens with zero attached hydrogens (tertiary/aromatic N) is 3. The number of aryl methyl sites for hydroxylation is 1. The Morgan fingerprint density at radius 1 is 1.44 bits per heavy atom. The van der Waals surface area contributed by atoms with Crippen molar-refractivity contribution in [2.24, 2.45) is 7.05 Å². The van der Waals surface area contributed by atoms with E-state index in [4.69, 9.17) is 16.9 Å². The van der Waals surface area contributed by atoms with Crippen molar-refractivity contribution in [3.8, 4) is 17.3 Å². The predicted octanol–water partition coefficient (Wildman–Crippen LogP) is 2.11. The third kappa shape index (κ3) is 2.11. The van der Waals surface area contributed by atoms with E-state index < -0.39 is 5.82 Å². The van der Waals surface area contributed by atoms with Crippen molar-refractivity contribution in [3.05, 3.63) is 51.0 Å². The van der Waals surface area contributed by atoms with Crippen LogP contribution in [0.2, 0.25) is 5.02 Å². The number of nitriles is 1. The van der Waals surface area contributed by atoms with Crippen molar-refractivity contribution in [1.82, 2.24) is 9.78 Å². The molecule has 2 aromatic rings. The van der Waals surface area contributed by atoms with Crippen LogP contribution in [0.5, 0.6) is 0 Å². The van der Waals surface area contributed by atoms with Crippen LogP contribution in [0.4, 0.5) is 4.39 Å². The number of halogens is 2.